The molecule has 1 aromatic rings. The highest BCUT2D eigenvalue weighted by Gasteiger charge is 2.40. The third-order valence-corrected chi connectivity index (χ3v) is 5.38. The predicted octanol–water partition coefficient (Wildman–Crippen LogP) is 2.40. The van der Waals surface area contributed by atoms with Crippen molar-refractivity contribution in [2.45, 2.75) is 51.1 Å². The second kappa shape index (κ2) is 7.85. The van der Waals surface area contributed by atoms with Gasteiger partial charge in [-0.2, -0.15) is 0 Å². The van der Waals surface area contributed by atoms with Gasteiger partial charge < -0.3 is 15.4 Å². The zero-order valence-corrected chi connectivity index (χ0v) is 14.5. The van der Waals surface area contributed by atoms with E-state index in [0.29, 0.717) is 24.0 Å². The van der Waals surface area contributed by atoms with Crippen molar-refractivity contribution in [3.05, 3.63) is 30.1 Å². The number of piperidine rings is 1. The van der Waals surface area contributed by atoms with Crippen LogP contribution in [0.4, 0.5) is 4.39 Å². The second-order valence-electron chi connectivity index (χ2n) is 7.03. The molecular formula is C19H25FN2O3. The van der Waals surface area contributed by atoms with Gasteiger partial charge in [0.15, 0.2) is 6.61 Å². The van der Waals surface area contributed by atoms with E-state index in [4.69, 9.17) is 4.74 Å². The highest BCUT2D eigenvalue weighted by atomic mass is 19.1. The summed E-state index contributed by atoms with van der Waals surface area (Å²) in [4.78, 5) is 24.0. The van der Waals surface area contributed by atoms with Crippen LogP contribution < -0.4 is 15.4 Å². The molecule has 5 nitrogen and oxygen atoms in total. The van der Waals surface area contributed by atoms with E-state index in [2.05, 4.69) is 17.6 Å². The fraction of sp³-hybridized carbons (Fsp3) is 0.579. The molecule has 2 fully saturated rings. The van der Waals surface area contributed by atoms with Crippen molar-refractivity contribution in [3.63, 3.8) is 0 Å². The van der Waals surface area contributed by atoms with Gasteiger partial charge in [-0.05, 0) is 55.4 Å². The molecule has 25 heavy (non-hydrogen) atoms. The number of hydrogen-bond donors (Lipinski definition) is 2. The number of halogens is 1. The SMILES string of the molecule is CCC1CC(=O)NC2CC(NC(=O)COc3ccc(F)cc3)CCC12. The number of amides is 2. The van der Waals surface area contributed by atoms with Crippen molar-refractivity contribution < 1.29 is 18.7 Å². The molecule has 1 heterocycles. The fourth-order valence-corrected chi connectivity index (χ4v) is 4.11. The molecule has 0 aromatic heterocycles. The molecule has 3 rings (SSSR count). The van der Waals surface area contributed by atoms with Gasteiger partial charge in [0.25, 0.3) is 5.91 Å². The zero-order chi connectivity index (χ0) is 17.8. The van der Waals surface area contributed by atoms with E-state index in [1.807, 2.05) is 0 Å². The average molecular weight is 348 g/mol. The molecular weight excluding hydrogens is 323 g/mol. The van der Waals surface area contributed by atoms with E-state index in [1.165, 1.54) is 24.3 Å². The van der Waals surface area contributed by atoms with Gasteiger partial charge in [0.05, 0.1) is 0 Å². The molecule has 1 aromatic carbocycles. The molecule has 0 spiro atoms. The Bertz CT molecular complexity index is 620. The Kier molecular flexibility index (Phi) is 5.56. The molecule has 2 aliphatic rings. The Labute approximate surface area is 147 Å². The summed E-state index contributed by atoms with van der Waals surface area (Å²) in [6.07, 6.45) is 4.37. The summed E-state index contributed by atoms with van der Waals surface area (Å²) in [7, 11) is 0. The van der Waals surface area contributed by atoms with Gasteiger partial charge in [0.2, 0.25) is 5.91 Å². The Hall–Kier alpha value is -2.11. The number of ether oxygens (including phenoxy) is 1. The molecule has 1 aliphatic carbocycles. The maximum absolute atomic E-state index is 12.8. The maximum atomic E-state index is 12.8. The summed E-state index contributed by atoms with van der Waals surface area (Å²) in [5.74, 6) is 1.03. The van der Waals surface area contributed by atoms with Gasteiger partial charge in [0.1, 0.15) is 11.6 Å². The monoisotopic (exact) mass is 348 g/mol. The largest absolute Gasteiger partial charge is 0.484 e. The van der Waals surface area contributed by atoms with Gasteiger partial charge in [-0.15, -0.1) is 0 Å². The molecule has 4 atom stereocenters. The van der Waals surface area contributed by atoms with Crippen molar-refractivity contribution >= 4 is 11.8 Å². The summed E-state index contributed by atoms with van der Waals surface area (Å²) in [5.41, 5.74) is 0. The predicted molar refractivity (Wildman–Crippen MR) is 91.5 cm³/mol. The smallest absolute Gasteiger partial charge is 0.258 e. The standard InChI is InChI=1S/C19H25FN2O3/c1-2-12-9-18(23)22-17-10-14(5-8-16(12)17)21-19(24)11-25-15-6-3-13(20)4-7-15/h3-4,6-7,12,14,16-17H,2,5,8-11H2,1H3,(H,21,24)(H,22,23). The summed E-state index contributed by atoms with van der Waals surface area (Å²) in [6, 6.07) is 5.80. The Balaban J connectivity index is 1.48. The van der Waals surface area contributed by atoms with Crippen LogP contribution in [0.25, 0.3) is 0 Å². The third-order valence-electron chi connectivity index (χ3n) is 5.38. The van der Waals surface area contributed by atoms with Crippen LogP contribution in [0.2, 0.25) is 0 Å². The van der Waals surface area contributed by atoms with Crippen LogP contribution in [0.5, 0.6) is 5.75 Å². The first-order chi connectivity index (χ1) is 12.0. The lowest BCUT2D eigenvalue weighted by Gasteiger charge is -2.44. The first-order valence-corrected chi connectivity index (χ1v) is 9.02. The molecule has 0 bridgehead atoms. The molecule has 1 saturated carbocycles. The number of nitrogens with one attached hydrogen (secondary N) is 2. The number of carbonyl (C=O) groups excluding carboxylic acids is 2. The van der Waals surface area contributed by atoms with E-state index in [0.717, 1.165) is 25.7 Å². The quantitative estimate of drug-likeness (QED) is 0.859. The lowest BCUT2D eigenvalue weighted by atomic mass is 9.70. The van der Waals surface area contributed by atoms with Crippen LogP contribution in [0.3, 0.4) is 0 Å². The summed E-state index contributed by atoms with van der Waals surface area (Å²) < 4.78 is 18.2. The highest BCUT2D eigenvalue weighted by Crippen LogP contribution is 2.36. The Morgan fingerprint density at radius 1 is 1.32 bits per heavy atom. The van der Waals surface area contributed by atoms with Crippen LogP contribution >= 0.6 is 0 Å². The van der Waals surface area contributed by atoms with Gasteiger partial charge in [-0.1, -0.05) is 13.3 Å². The molecule has 1 saturated heterocycles. The van der Waals surface area contributed by atoms with Crippen LogP contribution in [0.1, 0.15) is 39.0 Å². The topological polar surface area (TPSA) is 67.4 Å². The lowest BCUT2D eigenvalue weighted by molar-refractivity contribution is -0.127. The van der Waals surface area contributed by atoms with Gasteiger partial charge in [-0.25, -0.2) is 4.39 Å². The highest BCUT2D eigenvalue weighted by molar-refractivity contribution is 5.78. The van der Waals surface area contributed by atoms with Gasteiger partial charge in [-0.3, -0.25) is 9.59 Å². The molecule has 0 radical (unpaired) electrons. The minimum Gasteiger partial charge on any atom is -0.484 e. The number of hydrogen-bond acceptors (Lipinski definition) is 3. The number of fused-ring (bicyclic) bond motifs is 1. The molecule has 2 N–H and O–H groups in total. The van der Waals surface area contributed by atoms with Crippen molar-refractivity contribution in [3.8, 4) is 5.75 Å². The van der Waals surface area contributed by atoms with E-state index in [1.54, 1.807) is 0 Å². The lowest BCUT2D eigenvalue weighted by Crippen LogP contribution is -2.55. The fourth-order valence-electron chi connectivity index (χ4n) is 4.11. The summed E-state index contributed by atoms with van der Waals surface area (Å²) >= 11 is 0. The van der Waals surface area contributed by atoms with Crippen molar-refractivity contribution in [2.75, 3.05) is 6.61 Å². The van der Waals surface area contributed by atoms with E-state index < -0.39 is 0 Å². The van der Waals surface area contributed by atoms with E-state index in [-0.39, 0.29) is 36.3 Å². The molecule has 1 aliphatic heterocycles. The minimum atomic E-state index is -0.339. The van der Waals surface area contributed by atoms with Crippen molar-refractivity contribution in [1.82, 2.24) is 10.6 Å². The zero-order valence-electron chi connectivity index (χ0n) is 14.5. The Morgan fingerprint density at radius 2 is 2.08 bits per heavy atom. The Morgan fingerprint density at radius 3 is 2.80 bits per heavy atom. The first-order valence-electron chi connectivity index (χ1n) is 9.02. The summed E-state index contributed by atoms with van der Waals surface area (Å²) in [6.45, 7) is 2.04. The minimum absolute atomic E-state index is 0.0569. The maximum Gasteiger partial charge on any atom is 0.258 e. The molecule has 136 valence electrons. The normalized spacial score (nSPS) is 28.6. The molecule has 4 unspecified atom stereocenters. The van der Waals surface area contributed by atoms with Crippen LogP contribution in [0.15, 0.2) is 24.3 Å². The van der Waals surface area contributed by atoms with Crippen molar-refractivity contribution in [2.24, 2.45) is 11.8 Å². The van der Waals surface area contributed by atoms with Crippen LogP contribution in [-0.4, -0.2) is 30.5 Å². The first kappa shape index (κ1) is 17.7. The van der Waals surface area contributed by atoms with E-state index in [9.17, 15) is 14.0 Å². The molecule has 2 amide bonds. The van der Waals surface area contributed by atoms with E-state index >= 15 is 0 Å². The van der Waals surface area contributed by atoms with Gasteiger partial charge >= 0.3 is 0 Å². The third kappa shape index (κ3) is 4.50. The van der Waals surface area contributed by atoms with Crippen LogP contribution in [0, 0.1) is 17.7 Å². The van der Waals surface area contributed by atoms with Crippen molar-refractivity contribution in [1.29, 1.82) is 0 Å². The van der Waals surface area contributed by atoms with Crippen LogP contribution in [-0.2, 0) is 9.59 Å². The number of carbonyl (C=O) groups is 2. The molecule has 6 heteroatoms. The summed E-state index contributed by atoms with van der Waals surface area (Å²) in [5, 5.41) is 6.08. The average Bonchev–Trinajstić information content (AvgIpc) is 2.60. The second-order valence-corrected chi connectivity index (χ2v) is 7.03. The van der Waals surface area contributed by atoms with Gasteiger partial charge in [0, 0.05) is 18.5 Å². The number of benzene rings is 1. The number of rotatable bonds is 5.